The number of hydrogen-bond acceptors (Lipinski definition) is 3. The van der Waals surface area contributed by atoms with Gasteiger partial charge in [-0.1, -0.05) is 6.92 Å². The van der Waals surface area contributed by atoms with Gasteiger partial charge in [-0.15, -0.1) is 0 Å². The summed E-state index contributed by atoms with van der Waals surface area (Å²) in [5.41, 5.74) is 4.85. The molecule has 0 fully saturated rings. The van der Waals surface area contributed by atoms with E-state index < -0.39 is 12.0 Å². The lowest BCUT2D eigenvalue weighted by Crippen LogP contribution is -2.28. The second-order valence-corrected chi connectivity index (χ2v) is 3.14. The summed E-state index contributed by atoms with van der Waals surface area (Å²) >= 11 is 0. The van der Waals surface area contributed by atoms with Crippen molar-refractivity contribution < 1.29 is 15.0 Å². The van der Waals surface area contributed by atoms with Crippen LogP contribution in [0.3, 0.4) is 0 Å². The van der Waals surface area contributed by atoms with E-state index in [-0.39, 0.29) is 12.5 Å². The summed E-state index contributed by atoms with van der Waals surface area (Å²) in [5.74, 6) is -0.447. The van der Waals surface area contributed by atoms with Crippen LogP contribution >= 0.6 is 0 Å². The van der Waals surface area contributed by atoms with E-state index in [1.807, 2.05) is 6.92 Å². The van der Waals surface area contributed by atoms with E-state index in [9.17, 15) is 4.79 Å². The Morgan fingerprint density at radius 2 is 2.08 bits per heavy atom. The van der Waals surface area contributed by atoms with Crippen molar-refractivity contribution in [2.45, 2.75) is 32.3 Å². The summed E-state index contributed by atoms with van der Waals surface area (Å²) in [7, 11) is 0. The van der Waals surface area contributed by atoms with E-state index in [1.165, 1.54) is 0 Å². The fourth-order valence-electron chi connectivity index (χ4n) is 0.893. The molecule has 0 aromatic rings. The van der Waals surface area contributed by atoms with Gasteiger partial charge in [0, 0.05) is 6.61 Å². The first-order chi connectivity index (χ1) is 5.57. The van der Waals surface area contributed by atoms with E-state index >= 15 is 0 Å². The predicted octanol–water partition coefficient (Wildman–Crippen LogP) is -0.369. The summed E-state index contributed by atoms with van der Waals surface area (Å²) in [6.07, 6.45) is 0.877. The van der Waals surface area contributed by atoms with Gasteiger partial charge in [-0.3, -0.25) is 4.79 Å². The Labute approximate surface area is 72.4 Å². The fraction of sp³-hybridized carbons (Fsp3) is 0.875. The molecule has 0 rings (SSSR count). The molecule has 0 aliphatic rings. The molecule has 4 heteroatoms. The number of rotatable bonds is 6. The van der Waals surface area contributed by atoms with Crippen molar-refractivity contribution in [3.05, 3.63) is 0 Å². The average molecular weight is 175 g/mol. The zero-order chi connectivity index (χ0) is 9.56. The van der Waals surface area contributed by atoms with Gasteiger partial charge in [0.05, 0.1) is 0 Å². The Morgan fingerprint density at radius 3 is 2.50 bits per heavy atom. The molecular weight excluding hydrogens is 158 g/mol. The highest BCUT2D eigenvalue weighted by Gasteiger charge is 2.10. The molecule has 0 aromatic carbocycles. The standard InChI is InChI=1S/C8H17NO3/c1-6(5-10)3-2-4-7(11)8(9)12/h6-7,10-11H,2-5H2,1H3,(H2,9,12)/t6?,7-/m0/s1. The SMILES string of the molecule is CC(CO)CCC[C@H](O)C(N)=O. The van der Waals surface area contributed by atoms with Crippen molar-refractivity contribution in [1.29, 1.82) is 0 Å². The summed E-state index contributed by atoms with van der Waals surface area (Å²) in [5, 5.41) is 17.6. The van der Waals surface area contributed by atoms with Crippen LogP contribution < -0.4 is 5.73 Å². The number of carbonyl (C=O) groups excluding carboxylic acids is 1. The van der Waals surface area contributed by atoms with Crippen molar-refractivity contribution >= 4 is 5.91 Å². The molecule has 4 N–H and O–H groups in total. The quantitative estimate of drug-likeness (QED) is 0.515. The van der Waals surface area contributed by atoms with E-state index in [0.29, 0.717) is 12.8 Å². The highest BCUT2D eigenvalue weighted by atomic mass is 16.3. The molecule has 1 unspecified atom stereocenters. The number of hydrogen-bond donors (Lipinski definition) is 3. The molecule has 0 aromatic heterocycles. The molecule has 0 aliphatic carbocycles. The smallest absolute Gasteiger partial charge is 0.246 e. The van der Waals surface area contributed by atoms with Crippen molar-refractivity contribution in [3.63, 3.8) is 0 Å². The minimum absolute atomic E-state index is 0.146. The summed E-state index contributed by atoms with van der Waals surface area (Å²) in [6, 6.07) is 0. The maximum absolute atomic E-state index is 10.4. The fourth-order valence-corrected chi connectivity index (χ4v) is 0.893. The zero-order valence-corrected chi connectivity index (χ0v) is 7.36. The zero-order valence-electron chi connectivity index (χ0n) is 7.36. The van der Waals surface area contributed by atoms with Gasteiger partial charge in [-0.2, -0.15) is 0 Å². The monoisotopic (exact) mass is 175 g/mol. The van der Waals surface area contributed by atoms with Crippen molar-refractivity contribution in [2.75, 3.05) is 6.61 Å². The number of aliphatic hydroxyl groups is 2. The van der Waals surface area contributed by atoms with E-state index in [2.05, 4.69) is 0 Å². The second-order valence-electron chi connectivity index (χ2n) is 3.14. The van der Waals surface area contributed by atoms with Crippen molar-refractivity contribution in [2.24, 2.45) is 11.7 Å². The first-order valence-corrected chi connectivity index (χ1v) is 4.16. The summed E-state index contributed by atoms with van der Waals surface area (Å²) in [4.78, 5) is 10.4. The van der Waals surface area contributed by atoms with Crippen molar-refractivity contribution in [3.8, 4) is 0 Å². The Hall–Kier alpha value is -0.610. The average Bonchev–Trinajstić information content (AvgIpc) is 2.03. The van der Waals surface area contributed by atoms with Gasteiger partial charge in [0.15, 0.2) is 0 Å². The van der Waals surface area contributed by atoms with Gasteiger partial charge in [-0.25, -0.2) is 0 Å². The Kier molecular flexibility index (Phi) is 5.66. The number of carbonyl (C=O) groups is 1. The first kappa shape index (κ1) is 11.4. The van der Waals surface area contributed by atoms with Gasteiger partial charge < -0.3 is 15.9 Å². The van der Waals surface area contributed by atoms with Gasteiger partial charge in [0.1, 0.15) is 6.10 Å². The van der Waals surface area contributed by atoms with Gasteiger partial charge in [-0.05, 0) is 25.2 Å². The Balaban J connectivity index is 3.37. The predicted molar refractivity (Wildman–Crippen MR) is 45.3 cm³/mol. The molecule has 0 radical (unpaired) electrons. The molecule has 2 atom stereocenters. The summed E-state index contributed by atoms with van der Waals surface area (Å²) in [6.45, 7) is 2.06. The summed E-state index contributed by atoms with van der Waals surface area (Å²) < 4.78 is 0. The van der Waals surface area contributed by atoms with Crippen LogP contribution in [-0.2, 0) is 4.79 Å². The Morgan fingerprint density at radius 1 is 1.50 bits per heavy atom. The molecule has 1 amide bonds. The maximum atomic E-state index is 10.4. The van der Waals surface area contributed by atoms with Crippen LogP contribution in [0.25, 0.3) is 0 Å². The van der Waals surface area contributed by atoms with Crippen LogP contribution in [0.5, 0.6) is 0 Å². The third-order valence-corrected chi connectivity index (χ3v) is 1.81. The van der Waals surface area contributed by atoms with Gasteiger partial charge in [0.25, 0.3) is 0 Å². The largest absolute Gasteiger partial charge is 0.396 e. The molecule has 72 valence electrons. The van der Waals surface area contributed by atoms with Crippen LogP contribution in [0.4, 0.5) is 0 Å². The normalized spacial score (nSPS) is 15.6. The van der Waals surface area contributed by atoms with E-state index in [1.54, 1.807) is 0 Å². The molecule has 0 saturated heterocycles. The molecule has 0 heterocycles. The van der Waals surface area contributed by atoms with Crippen LogP contribution in [0, 0.1) is 5.92 Å². The number of primary amides is 1. The van der Waals surface area contributed by atoms with Crippen LogP contribution in [0.2, 0.25) is 0 Å². The maximum Gasteiger partial charge on any atom is 0.246 e. The van der Waals surface area contributed by atoms with Crippen LogP contribution in [0.15, 0.2) is 0 Å². The lowest BCUT2D eigenvalue weighted by molar-refractivity contribution is -0.126. The Bertz CT molecular complexity index is 138. The van der Waals surface area contributed by atoms with E-state index in [4.69, 9.17) is 15.9 Å². The number of aliphatic hydroxyl groups excluding tert-OH is 2. The lowest BCUT2D eigenvalue weighted by atomic mass is 10.0. The minimum Gasteiger partial charge on any atom is -0.396 e. The van der Waals surface area contributed by atoms with Crippen molar-refractivity contribution in [1.82, 2.24) is 0 Å². The third kappa shape index (κ3) is 5.09. The first-order valence-electron chi connectivity index (χ1n) is 4.16. The van der Waals surface area contributed by atoms with E-state index in [0.717, 1.165) is 6.42 Å². The molecule has 0 spiro atoms. The third-order valence-electron chi connectivity index (χ3n) is 1.81. The number of nitrogens with two attached hydrogens (primary N) is 1. The topological polar surface area (TPSA) is 83.6 Å². The molecule has 0 saturated carbocycles. The molecule has 0 bridgehead atoms. The van der Waals surface area contributed by atoms with Gasteiger partial charge in [0.2, 0.25) is 5.91 Å². The molecule has 4 nitrogen and oxygen atoms in total. The van der Waals surface area contributed by atoms with Crippen LogP contribution in [-0.4, -0.2) is 28.8 Å². The lowest BCUT2D eigenvalue weighted by Gasteiger charge is -2.08. The molecule has 12 heavy (non-hydrogen) atoms. The second kappa shape index (κ2) is 5.97. The van der Waals surface area contributed by atoms with Gasteiger partial charge >= 0.3 is 0 Å². The number of amides is 1. The highest BCUT2D eigenvalue weighted by molar-refractivity contribution is 5.78. The molecule has 0 aliphatic heterocycles. The highest BCUT2D eigenvalue weighted by Crippen LogP contribution is 2.08. The minimum atomic E-state index is -1.03. The molecular formula is C8H17NO3. The van der Waals surface area contributed by atoms with Crippen LogP contribution in [0.1, 0.15) is 26.2 Å².